The number of Topliss-reactive ketones (excluding diaryl/α,β-unsaturated/α-hetero) is 1. The van der Waals surface area contributed by atoms with Crippen LogP contribution in [-0.4, -0.2) is 31.5 Å². The Bertz CT molecular complexity index is 157. The molecule has 3 nitrogen and oxygen atoms in total. The molecular weight excluding hydrogens is 176 g/mol. The number of carbonyl (C=O) groups is 1. The van der Waals surface area contributed by atoms with Crippen LogP contribution in [0.25, 0.3) is 0 Å². The second-order valence-electron chi connectivity index (χ2n) is 4.09. The van der Waals surface area contributed by atoms with Crippen LogP contribution < -0.4 is 10.6 Å². The van der Waals surface area contributed by atoms with Crippen LogP contribution in [0.4, 0.5) is 0 Å². The fraction of sp³-hybridized carbons (Fsp3) is 0.909. The molecule has 0 heterocycles. The average molecular weight is 200 g/mol. The van der Waals surface area contributed by atoms with Gasteiger partial charge in [-0.1, -0.05) is 20.8 Å². The lowest BCUT2D eigenvalue weighted by Crippen LogP contribution is -2.37. The van der Waals surface area contributed by atoms with Crippen molar-refractivity contribution in [2.75, 3.05) is 19.6 Å². The molecule has 0 aliphatic carbocycles. The van der Waals surface area contributed by atoms with Gasteiger partial charge in [0.05, 0.1) is 6.04 Å². The van der Waals surface area contributed by atoms with Gasteiger partial charge in [0.2, 0.25) is 0 Å². The Morgan fingerprint density at radius 3 is 2.43 bits per heavy atom. The minimum Gasteiger partial charge on any atom is -0.317 e. The van der Waals surface area contributed by atoms with Crippen LogP contribution >= 0.6 is 0 Å². The van der Waals surface area contributed by atoms with Gasteiger partial charge in [-0.2, -0.15) is 0 Å². The zero-order valence-electron chi connectivity index (χ0n) is 9.89. The highest BCUT2D eigenvalue weighted by Crippen LogP contribution is 1.93. The molecule has 0 aliphatic heterocycles. The molecule has 0 fully saturated rings. The smallest absolute Gasteiger partial charge is 0.150 e. The number of ketones is 1. The summed E-state index contributed by atoms with van der Waals surface area (Å²) in [6.45, 7) is 10.9. The first-order chi connectivity index (χ1) is 6.57. The van der Waals surface area contributed by atoms with Crippen molar-refractivity contribution < 1.29 is 4.79 Å². The van der Waals surface area contributed by atoms with E-state index >= 15 is 0 Å². The predicted octanol–water partition coefficient (Wildman–Crippen LogP) is 1.19. The van der Waals surface area contributed by atoms with Crippen LogP contribution in [0.3, 0.4) is 0 Å². The van der Waals surface area contributed by atoms with Crippen molar-refractivity contribution in [1.82, 2.24) is 10.6 Å². The highest BCUT2D eigenvalue weighted by Gasteiger charge is 2.11. The maximum absolute atomic E-state index is 11.5. The summed E-state index contributed by atoms with van der Waals surface area (Å²) < 4.78 is 0. The molecule has 0 unspecified atom stereocenters. The first-order valence-electron chi connectivity index (χ1n) is 5.54. The van der Waals surface area contributed by atoms with E-state index in [0.29, 0.717) is 18.1 Å². The van der Waals surface area contributed by atoms with Crippen molar-refractivity contribution in [2.45, 2.75) is 40.2 Å². The quantitative estimate of drug-likeness (QED) is 0.578. The molecule has 0 amide bonds. The maximum atomic E-state index is 11.5. The van der Waals surface area contributed by atoms with Gasteiger partial charge >= 0.3 is 0 Å². The van der Waals surface area contributed by atoms with E-state index < -0.39 is 0 Å². The summed E-state index contributed by atoms with van der Waals surface area (Å²) in [7, 11) is 0. The molecule has 0 saturated carbocycles. The van der Waals surface area contributed by atoms with Crippen LogP contribution in [0, 0.1) is 5.92 Å². The van der Waals surface area contributed by atoms with E-state index in [1.54, 1.807) is 0 Å². The summed E-state index contributed by atoms with van der Waals surface area (Å²) in [4.78, 5) is 11.5. The Morgan fingerprint density at radius 2 is 1.93 bits per heavy atom. The lowest BCUT2D eigenvalue weighted by Gasteiger charge is -2.14. The third kappa shape index (κ3) is 7.04. The molecule has 2 N–H and O–H groups in total. The number of nitrogens with one attached hydrogen (secondary N) is 2. The molecule has 14 heavy (non-hydrogen) atoms. The summed E-state index contributed by atoms with van der Waals surface area (Å²) in [5.74, 6) is 0.894. The Kier molecular flexibility index (Phi) is 7.71. The van der Waals surface area contributed by atoms with Crippen molar-refractivity contribution in [3.8, 4) is 0 Å². The van der Waals surface area contributed by atoms with Crippen molar-refractivity contribution in [1.29, 1.82) is 0 Å². The number of carbonyl (C=O) groups excluding carboxylic acids is 1. The van der Waals surface area contributed by atoms with Gasteiger partial charge in [-0.3, -0.25) is 4.79 Å². The van der Waals surface area contributed by atoms with Gasteiger partial charge in [0, 0.05) is 13.0 Å². The Morgan fingerprint density at radius 1 is 1.29 bits per heavy atom. The zero-order valence-corrected chi connectivity index (χ0v) is 9.89. The van der Waals surface area contributed by atoms with E-state index in [4.69, 9.17) is 0 Å². The molecule has 0 aliphatic rings. The molecule has 0 saturated heterocycles. The minimum atomic E-state index is -0.00365. The van der Waals surface area contributed by atoms with Gasteiger partial charge in [-0.15, -0.1) is 0 Å². The standard InChI is InChI=1S/C11H24N2O/c1-5-12-7-6-11(14)10(4)13-8-9(2)3/h9-10,12-13H,5-8H2,1-4H3/t10-/m0/s1. The second-order valence-corrected chi connectivity index (χ2v) is 4.09. The SMILES string of the molecule is CCNCCC(=O)[C@H](C)NCC(C)C. The lowest BCUT2D eigenvalue weighted by molar-refractivity contribution is -0.120. The third-order valence-corrected chi connectivity index (χ3v) is 2.11. The van der Waals surface area contributed by atoms with Crippen LogP contribution in [0.5, 0.6) is 0 Å². The fourth-order valence-electron chi connectivity index (χ4n) is 1.13. The highest BCUT2D eigenvalue weighted by molar-refractivity contribution is 5.83. The summed E-state index contributed by atoms with van der Waals surface area (Å²) in [6.07, 6.45) is 0.625. The lowest BCUT2D eigenvalue weighted by atomic mass is 10.1. The molecule has 0 spiro atoms. The molecule has 3 heteroatoms. The minimum absolute atomic E-state index is 0.00365. The summed E-state index contributed by atoms with van der Waals surface area (Å²) in [5, 5.41) is 6.38. The van der Waals surface area contributed by atoms with Gasteiger partial charge in [-0.25, -0.2) is 0 Å². The van der Waals surface area contributed by atoms with Gasteiger partial charge in [-0.05, 0) is 25.9 Å². The summed E-state index contributed by atoms with van der Waals surface area (Å²) in [6, 6.07) is -0.00365. The number of rotatable bonds is 8. The van der Waals surface area contributed by atoms with Crippen molar-refractivity contribution >= 4 is 5.78 Å². The predicted molar refractivity (Wildman–Crippen MR) is 60.5 cm³/mol. The maximum Gasteiger partial charge on any atom is 0.150 e. The fourth-order valence-corrected chi connectivity index (χ4v) is 1.13. The molecule has 0 rings (SSSR count). The van der Waals surface area contributed by atoms with E-state index in [9.17, 15) is 4.79 Å². The topological polar surface area (TPSA) is 41.1 Å². The average Bonchev–Trinajstić information content (AvgIpc) is 2.14. The molecule has 1 atom stereocenters. The van der Waals surface area contributed by atoms with Crippen LogP contribution in [0.1, 0.15) is 34.1 Å². The van der Waals surface area contributed by atoms with E-state index in [2.05, 4.69) is 24.5 Å². The van der Waals surface area contributed by atoms with Crippen LogP contribution in [0.15, 0.2) is 0 Å². The van der Waals surface area contributed by atoms with E-state index in [-0.39, 0.29) is 6.04 Å². The molecular formula is C11H24N2O. The van der Waals surface area contributed by atoms with Crippen LogP contribution in [0.2, 0.25) is 0 Å². The Hall–Kier alpha value is -0.410. The second kappa shape index (κ2) is 7.94. The highest BCUT2D eigenvalue weighted by atomic mass is 16.1. The van der Waals surface area contributed by atoms with Gasteiger partial charge in [0.25, 0.3) is 0 Å². The molecule has 0 aromatic heterocycles. The summed E-state index contributed by atoms with van der Waals surface area (Å²) >= 11 is 0. The number of hydrogen-bond acceptors (Lipinski definition) is 3. The Labute approximate surface area is 87.6 Å². The van der Waals surface area contributed by atoms with Crippen LogP contribution in [-0.2, 0) is 4.79 Å². The van der Waals surface area contributed by atoms with Gasteiger partial charge in [0.1, 0.15) is 0 Å². The first-order valence-corrected chi connectivity index (χ1v) is 5.54. The zero-order chi connectivity index (χ0) is 11.0. The van der Waals surface area contributed by atoms with E-state index in [1.165, 1.54) is 0 Å². The monoisotopic (exact) mass is 200 g/mol. The third-order valence-electron chi connectivity index (χ3n) is 2.11. The van der Waals surface area contributed by atoms with Crippen molar-refractivity contribution in [3.05, 3.63) is 0 Å². The van der Waals surface area contributed by atoms with E-state index in [1.807, 2.05) is 13.8 Å². The van der Waals surface area contributed by atoms with E-state index in [0.717, 1.165) is 19.6 Å². The normalized spacial score (nSPS) is 13.2. The van der Waals surface area contributed by atoms with Crippen molar-refractivity contribution in [3.63, 3.8) is 0 Å². The molecule has 84 valence electrons. The first kappa shape index (κ1) is 13.6. The van der Waals surface area contributed by atoms with Gasteiger partial charge < -0.3 is 10.6 Å². The van der Waals surface area contributed by atoms with Gasteiger partial charge in [0.15, 0.2) is 5.78 Å². The number of hydrogen-bond donors (Lipinski definition) is 2. The van der Waals surface area contributed by atoms with Crippen molar-refractivity contribution in [2.24, 2.45) is 5.92 Å². The summed E-state index contributed by atoms with van der Waals surface area (Å²) in [5.41, 5.74) is 0. The molecule has 0 radical (unpaired) electrons. The Balaban J connectivity index is 3.54. The molecule has 0 aromatic carbocycles. The molecule has 0 aromatic rings. The molecule has 0 bridgehead atoms. The largest absolute Gasteiger partial charge is 0.317 e.